The fraction of sp³-hybridized carbons (Fsp3) is 0. The molecule has 4 heteroatoms. The van der Waals surface area contributed by atoms with Crippen LogP contribution >= 0.6 is 0 Å². The first-order valence-corrected chi connectivity index (χ1v) is 5.37. The molecule has 1 aromatic rings. The minimum atomic E-state index is -3.13. The van der Waals surface area contributed by atoms with Crippen molar-refractivity contribution in [1.82, 2.24) is 0 Å². The summed E-state index contributed by atoms with van der Waals surface area (Å²) >= 11 is 0. The number of hydrogen-bond donors (Lipinski definition) is 1. The molecule has 1 aromatic carbocycles. The minimum absolute atomic E-state index is 0.322. The Hall–Kier alpha value is -1.55. The Labute approximate surface area is 83.9 Å². The first kappa shape index (κ1) is 12.4. The van der Waals surface area contributed by atoms with Gasteiger partial charge in [-0.1, -0.05) is 31.4 Å². The highest BCUT2D eigenvalue weighted by molar-refractivity contribution is 7.97. The summed E-state index contributed by atoms with van der Waals surface area (Å²) in [6.45, 7) is 6.09. The van der Waals surface area contributed by atoms with Gasteiger partial charge in [0.25, 0.3) is 0 Å². The molecular formula is C10H12O3S. The van der Waals surface area contributed by atoms with Crippen LogP contribution in [0.3, 0.4) is 0 Å². The van der Waals surface area contributed by atoms with Crippen molar-refractivity contribution in [2.45, 2.75) is 0 Å². The summed E-state index contributed by atoms with van der Waals surface area (Å²) in [5.74, 6) is 0.322. The maximum absolute atomic E-state index is 10.1. The number of aromatic hydroxyl groups is 1. The Balaban J connectivity index is 0.000000241. The van der Waals surface area contributed by atoms with Crippen LogP contribution in [-0.4, -0.2) is 13.5 Å². The molecule has 76 valence electrons. The van der Waals surface area contributed by atoms with Crippen LogP contribution in [0, 0.1) is 0 Å². The van der Waals surface area contributed by atoms with Crippen LogP contribution in [0.15, 0.2) is 54.3 Å². The fourth-order valence-electron chi connectivity index (χ4n) is 0.496. The summed E-state index contributed by atoms with van der Waals surface area (Å²) in [5.41, 5.74) is 0. The van der Waals surface area contributed by atoms with E-state index in [1.54, 1.807) is 24.3 Å². The summed E-state index contributed by atoms with van der Waals surface area (Å²) in [4.78, 5) is 0. The van der Waals surface area contributed by atoms with Crippen molar-refractivity contribution in [1.29, 1.82) is 0 Å². The maximum Gasteiger partial charge on any atom is 0.191 e. The normalized spacial score (nSPS) is 9.43. The van der Waals surface area contributed by atoms with Crippen LogP contribution in [0.2, 0.25) is 0 Å². The Kier molecular flexibility index (Phi) is 5.33. The van der Waals surface area contributed by atoms with E-state index in [1.165, 1.54) is 0 Å². The second kappa shape index (κ2) is 5.99. The molecule has 0 amide bonds. The molecule has 0 unspecified atom stereocenters. The minimum Gasteiger partial charge on any atom is -0.508 e. The van der Waals surface area contributed by atoms with Crippen LogP contribution in [-0.2, 0) is 9.84 Å². The third-order valence-electron chi connectivity index (χ3n) is 1.22. The second-order valence-corrected chi connectivity index (χ2v) is 4.10. The van der Waals surface area contributed by atoms with Crippen LogP contribution in [0.25, 0.3) is 0 Å². The van der Waals surface area contributed by atoms with Gasteiger partial charge in [0.1, 0.15) is 5.75 Å². The zero-order valence-corrected chi connectivity index (χ0v) is 8.44. The molecule has 0 fully saturated rings. The number of phenols is 1. The van der Waals surface area contributed by atoms with Gasteiger partial charge < -0.3 is 5.11 Å². The summed E-state index contributed by atoms with van der Waals surface area (Å²) < 4.78 is 20.3. The van der Waals surface area contributed by atoms with E-state index >= 15 is 0 Å². The number of hydrogen-bond acceptors (Lipinski definition) is 3. The molecule has 0 aliphatic carbocycles. The zero-order chi connectivity index (χ0) is 11.0. The lowest BCUT2D eigenvalue weighted by Crippen LogP contribution is -1.83. The largest absolute Gasteiger partial charge is 0.508 e. The van der Waals surface area contributed by atoms with Crippen LogP contribution < -0.4 is 0 Å². The molecule has 0 spiro atoms. The van der Waals surface area contributed by atoms with Gasteiger partial charge in [-0.3, -0.25) is 0 Å². The van der Waals surface area contributed by atoms with Gasteiger partial charge in [-0.05, 0) is 12.1 Å². The SMILES string of the molecule is C=CS(=O)(=O)C=C.Oc1ccccc1. The average Bonchev–Trinajstić information content (AvgIpc) is 2.20. The van der Waals surface area contributed by atoms with Crippen molar-refractivity contribution >= 4 is 9.84 Å². The molecule has 1 rings (SSSR count). The molecule has 0 saturated carbocycles. The summed E-state index contributed by atoms with van der Waals surface area (Å²) in [6, 6.07) is 8.71. The van der Waals surface area contributed by atoms with Crippen molar-refractivity contribution in [2.24, 2.45) is 0 Å². The molecule has 0 atom stereocenters. The zero-order valence-electron chi connectivity index (χ0n) is 7.63. The average molecular weight is 212 g/mol. The molecule has 0 aliphatic heterocycles. The molecule has 1 N–H and O–H groups in total. The highest BCUT2D eigenvalue weighted by Crippen LogP contribution is 2.02. The van der Waals surface area contributed by atoms with E-state index in [1.807, 2.05) is 6.07 Å². The fourth-order valence-corrected chi connectivity index (χ4v) is 0.632. The highest BCUT2D eigenvalue weighted by Gasteiger charge is 1.90. The molecule has 0 radical (unpaired) electrons. The number of sulfone groups is 1. The van der Waals surface area contributed by atoms with Crippen molar-refractivity contribution in [3.05, 3.63) is 54.3 Å². The predicted molar refractivity (Wildman–Crippen MR) is 57.4 cm³/mol. The molecule has 0 aliphatic rings. The molecule has 14 heavy (non-hydrogen) atoms. The summed E-state index contributed by atoms with van der Waals surface area (Å²) in [7, 11) is -3.13. The molecule has 0 aromatic heterocycles. The van der Waals surface area contributed by atoms with Gasteiger partial charge in [-0.2, -0.15) is 0 Å². The van der Waals surface area contributed by atoms with Gasteiger partial charge in [-0.25, -0.2) is 8.42 Å². The Bertz CT molecular complexity index is 365. The van der Waals surface area contributed by atoms with Gasteiger partial charge >= 0.3 is 0 Å². The van der Waals surface area contributed by atoms with Gasteiger partial charge in [0.15, 0.2) is 9.84 Å². The topological polar surface area (TPSA) is 54.4 Å². The van der Waals surface area contributed by atoms with Gasteiger partial charge in [0.05, 0.1) is 0 Å². The monoisotopic (exact) mass is 212 g/mol. The molecular weight excluding hydrogens is 200 g/mol. The van der Waals surface area contributed by atoms with E-state index < -0.39 is 9.84 Å². The first-order chi connectivity index (χ1) is 6.52. The number of phenolic OH excluding ortho intramolecular Hbond substituents is 1. The van der Waals surface area contributed by atoms with E-state index in [-0.39, 0.29) is 0 Å². The predicted octanol–water partition coefficient (Wildman–Crippen LogP) is 2.08. The second-order valence-electron chi connectivity index (χ2n) is 2.26. The number of benzene rings is 1. The van der Waals surface area contributed by atoms with Gasteiger partial charge in [-0.15, -0.1) is 0 Å². The van der Waals surface area contributed by atoms with E-state index in [0.717, 1.165) is 10.8 Å². The summed E-state index contributed by atoms with van der Waals surface area (Å²) in [6.07, 6.45) is 0. The molecule has 0 bridgehead atoms. The Morgan fingerprint density at radius 1 is 1.07 bits per heavy atom. The van der Waals surface area contributed by atoms with E-state index in [2.05, 4.69) is 13.2 Å². The smallest absolute Gasteiger partial charge is 0.191 e. The molecule has 0 saturated heterocycles. The Morgan fingerprint density at radius 3 is 1.64 bits per heavy atom. The molecule has 0 heterocycles. The maximum atomic E-state index is 10.1. The van der Waals surface area contributed by atoms with Crippen molar-refractivity contribution in [3.8, 4) is 5.75 Å². The van der Waals surface area contributed by atoms with Crippen molar-refractivity contribution in [2.75, 3.05) is 0 Å². The lowest BCUT2D eigenvalue weighted by molar-refractivity contribution is 0.475. The lowest BCUT2D eigenvalue weighted by atomic mass is 10.3. The van der Waals surface area contributed by atoms with E-state index in [0.29, 0.717) is 5.75 Å². The third kappa shape index (κ3) is 6.02. The quantitative estimate of drug-likeness (QED) is 0.816. The van der Waals surface area contributed by atoms with Gasteiger partial charge in [0, 0.05) is 10.8 Å². The van der Waals surface area contributed by atoms with Crippen LogP contribution in [0.1, 0.15) is 0 Å². The Morgan fingerprint density at radius 2 is 1.50 bits per heavy atom. The molecule has 3 nitrogen and oxygen atoms in total. The van der Waals surface area contributed by atoms with Crippen molar-refractivity contribution < 1.29 is 13.5 Å². The van der Waals surface area contributed by atoms with Gasteiger partial charge in [0.2, 0.25) is 0 Å². The number of para-hydroxylation sites is 1. The van der Waals surface area contributed by atoms with Crippen LogP contribution in [0.5, 0.6) is 5.75 Å². The lowest BCUT2D eigenvalue weighted by Gasteiger charge is -1.82. The van der Waals surface area contributed by atoms with Crippen LogP contribution in [0.4, 0.5) is 0 Å². The highest BCUT2D eigenvalue weighted by atomic mass is 32.2. The first-order valence-electron chi connectivity index (χ1n) is 3.76. The standard InChI is InChI=1S/C6H6O.C4H6O2S/c7-6-4-2-1-3-5-6;1-3-7(5,6)4-2/h1-5,7H;3-4H,1-2H2. The summed E-state index contributed by atoms with van der Waals surface area (Å²) in [5, 5.41) is 10.3. The van der Waals surface area contributed by atoms with E-state index in [4.69, 9.17) is 5.11 Å². The third-order valence-corrected chi connectivity index (χ3v) is 2.15. The van der Waals surface area contributed by atoms with Crippen molar-refractivity contribution in [3.63, 3.8) is 0 Å². The van der Waals surface area contributed by atoms with E-state index in [9.17, 15) is 8.42 Å². The number of rotatable bonds is 2.